The Labute approximate surface area is 177 Å². The zero-order valence-corrected chi connectivity index (χ0v) is 17.3. The van der Waals surface area contributed by atoms with Crippen molar-refractivity contribution >= 4 is 0 Å². The van der Waals surface area contributed by atoms with Gasteiger partial charge in [0.1, 0.15) is 0 Å². The lowest BCUT2D eigenvalue weighted by atomic mass is 10.1. The second-order valence-electron chi connectivity index (χ2n) is 7.47. The maximum atomic E-state index is 13.0. The molecule has 0 saturated carbocycles. The zero-order valence-electron chi connectivity index (χ0n) is 17.3. The summed E-state index contributed by atoms with van der Waals surface area (Å²) in [6, 6.07) is 4.77. The van der Waals surface area contributed by atoms with Gasteiger partial charge in [-0.1, -0.05) is 24.2 Å². The molecule has 1 aromatic carbocycles. The van der Waals surface area contributed by atoms with Crippen LogP contribution >= 0.6 is 0 Å². The number of benzene rings is 1. The number of nitrogens with zero attached hydrogens (tertiary/aromatic N) is 6. The standard InChI is InChI=1S/C20H23F3N6O2/c1-3-16-25-26-17(30-16)12-28-7-9-29(10-8-28)13(2)19-24-18(27-31-19)14-5-4-6-15(11-14)20(21,22)23/h4-6,11,13H,3,7-10,12H2,1-2H3. The van der Waals surface area contributed by atoms with Crippen molar-refractivity contribution in [3.63, 3.8) is 0 Å². The summed E-state index contributed by atoms with van der Waals surface area (Å²) in [6.45, 7) is 7.69. The van der Waals surface area contributed by atoms with Crippen LogP contribution in [0.4, 0.5) is 13.2 Å². The highest BCUT2D eigenvalue weighted by molar-refractivity contribution is 5.55. The second kappa shape index (κ2) is 8.75. The van der Waals surface area contributed by atoms with Crippen molar-refractivity contribution in [2.45, 2.75) is 39.0 Å². The molecule has 3 heterocycles. The van der Waals surface area contributed by atoms with Gasteiger partial charge >= 0.3 is 6.18 Å². The molecule has 1 aliphatic rings. The lowest BCUT2D eigenvalue weighted by Gasteiger charge is -2.36. The van der Waals surface area contributed by atoms with E-state index in [-0.39, 0.29) is 17.4 Å². The van der Waals surface area contributed by atoms with Gasteiger partial charge < -0.3 is 8.94 Å². The minimum Gasteiger partial charge on any atom is -0.424 e. The molecule has 1 unspecified atom stereocenters. The van der Waals surface area contributed by atoms with E-state index < -0.39 is 11.7 Å². The van der Waals surface area contributed by atoms with Crippen LogP contribution in [0.5, 0.6) is 0 Å². The molecule has 0 N–H and O–H groups in total. The van der Waals surface area contributed by atoms with Crippen molar-refractivity contribution in [1.29, 1.82) is 0 Å². The van der Waals surface area contributed by atoms with Crippen LogP contribution in [-0.2, 0) is 19.1 Å². The van der Waals surface area contributed by atoms with E-state index in [0.29, 0.717) is 30.6 Å². The Morgan fingerprint density at radius 2 is 1.84 bits per heavy atom. The fraction of sp³-hybridized carbons (Fsp3) is 0.500. The predicted octanol–water partition coefficient (Wildman–Crippen LogP) is 3.58. The fourth-order valence-corrected chi connectivity index (χ4v) is 3.51. The molecule has 1 saturated heterocycles. The van der Waals surface area contributed by atoms with E-state index in [4.69, 9.17) is 8.94 Å². The summed E-state index contributed by atoms with van der Waals surface area (Å²) in [5.74, 6) is 1.77. The molecule has 4 rings (SSSR count). The molecule has 1 aliphatic heterocycles. The van der Waals surface area contributed by atoms with Crippen molar-refractivity contribution < 1.29 is 22.1 Å². The highest BCUT2D eigenvalue weighted by Gasteiger charge is 2.31. The molecule has 0 aliphatic carbocycles. The van der Waals surface area contributed by atoms with E-state index in [9.17, 15) is 13.2 Å². The summed E-state index contributed by atoms with van der Waals surface area (Å²) < 4.78 is 49.8. The lowest BCUT2D eigenvalue weighted by molar-refractivity contribution is -0.137. The van der Waals surface area contributed by atoms with Crippen LogP contribution in [0.15, 0.2) is 33.2 Å². The molecule has 1 fully saturated rings. The van der Waals surface area contributed by atoms with Crippen molar-refractivity contribution in [1.82, 2.24) is 30.1 Å². The van der Waals surface area contributed by atoms with Gasteiger partial charge in [-0.3, -0.25) is 9.80 Å². The highest BCUT2D eigenvalue weighted by atomic mass is 19.4. The number of alkyl halides is 3. The quantitative estimate of drug-likeness (QED) is 0.580. The Kier molecular flexibility index (Phi) is 6.05. The first kappa shape index (κ1) is 21.4. The van der Waals surface area contributed by atoms with Gasteiger partial charge in [0.05, 0.1) is 18.2 Å². The number of hydrogen-bond acceptors (Lipinski definition) is 8. The van der Waals surface area contributed by atoms with Crippen LogP contribution in [0.1, 0.15) is 43.1 Å². The molecular formula is C20H23F3N6O2. The summed E-state index contributed by atoms with van der Waals surface area (Å²) in [7, 11) is 0. The molecule has 166 valence electrons. The molecule has 0 amide bonds. The van der Waals surface area contributed by atoms with Crippen LogP contribution in [0, 0.1) is 0 Å². The Morgan fingerprint density at radius 3 is 2.52 bits per heavy atom. The first-order valence-corrected chi connectivity index (χ1v) is 10.1. The van der Waals surface area contributed by atoms with Crippen molar-refractivity contribution in [2.75, 3.05) is 26.2 Å². The Balaban J connectivity index is 1.37. The van der Waals surface area contributed by atoms with Crippen LogP contribution in [0.3, 0.4) is 0 Å². The molecule has 2 aromatic heterocycles. The van der Waals surface area contributed by atoms with Gasteiger partial charge in [-0.05, 0) is 19.1 Å². The van der Waals surface area contributed by atoms with E-state index in [2.05, 4.69) is 30.1 Å². The van der Waals surface area contributed by atoms with E-state index in [1.807, 2.05) is 13.8 Å². The highest BCUT2D eigenvalue weighted by Crippen LogP contribution is 2.32. The van der Waals surface area contributed by atoms with E-state index >= 15 is 0 Å². The van der Waals surface area contributed by atoms with Gasteiger partial charge in [-0.2, -0.15) is 18.2 Å². The molecule has 0 spiro atoms. The summed E-state index contributed by atoms with van der Waals surface area (Å²) >= 11 is 0. The number of halogens is 3. The number of rotatable bonds is 6. The van der Waals surface area contributed by atoms with Crippen molar-refractivity contribution in [3.8, 4) is 11.4 Å². The third-order valence-corrected chi connectivity index (χ3v) is 5.37. The van der Waals surface area contributed by atoms with Crippen molar-refractivity contribution in [3.05, 3.63) is 47.5 Å². The van der Waals surface area contributed by atoms with Gasteiger partial charge in [-0.25, -0.2) is 0 Å². The van der Waals surface area contributed by atoms with Crippen LogP contribution in [0.2, 0.25) is 0 Å². The van der Waals surface area contributed by atoms with Crippen LogP contribution in [-0.4, -0.2) is 56.3 Å². The zero-order chi connectivity index (χ0) is 22.0. The average molecular weight is 436 g/mol. The molecule has 3 aromatic rings. The lowest BCUT2D eigenvalue weighted by Crippen LogP contribution is -2.46. The Hall–Kier alpha value is -2.79. The molecular weight excluding hydrogens is 413 g/mol. The minimum atomic E-state index is -4.42. The minimum absolute atomic E-state index is 0.148. The van der Waals surface area contributed by atoms with E-state index in [0.717, 1.165) is 38.3 Å². The average Bonchev–Trinajstić information content (AvgIpc) is 3.43. The van der Waals surface area contributed by atoms with Crippen LogP contribution < -0.4 is 0 Å². The third-order valence-electron chi connectivity index (χ3n) is 5.37. The summed E-state index contributed by atoms with van der Waals surface area (Å²) in [6.07, 6.45) is -3.71. The molecule has 8 nitrogen and oxygen atoms in total. The summed E-state index contributed by atoms with van der Waals surface area (Å²) in [5, 5.41) is 11.9. The van der Waals surface area contributed by atoms with Gasteiger partial charge in [-0.15, -0.1) is 10.2 Å². The maximum Gasteiger partial charge on any atom is 0.416 e. The SMILES string of the molecule is CCc1nnc(CN2CCN(C(C)c3nc(-c4cccc(C(F)(F)F)c4)no3)CC2)o1. The van der Waals surface area contributed by atoms with E-state index in [1.54, 1.807) is 0 Å². The number of aromatic nitrogens is 4. The molecule has 1 atom stereocenters. The number of hydrogen-bond donors (Lipinski definition) is 0. The number of aryl methyl sites for hydroxylation is 1. The largest absolute Gasteiger partial charge is 0.424 e. The van der Waals surface area contributed by atoms with Gasteiger partial charge in [0.2, 0.25) is 23.5 Å². The fourth-order valence-electron chi connectivity index (χ4n) is 3.51. The van der Waals surface area contributed by atoms with Crippen molar-refractivity contribution in [2.24, 2.45) is 0 Å². The molecule has 0 bridgehead atoms. The van der Waals surface area contributed by atoms with Gasteiger partial charge in [0, 0.05) is 38.2 Å². The van der Waals surface area contributed by atoms with Crippen LogP contribution in [0.25, 0.3) is 11.4 Å². The monoisotopic (exact) mass is 436 g/mol. The molecule has 31 heavy (non-hydrogen) atoms. The third kappa shape index (κ3) is 4.93. The first-order chi connectivity index (χ1) is 14.8. The second-order valence-corrected chi connectivity index (χ2v) is 7.47. The smallest absolute Gasteiger partial charge is 0.416 e. The Bertz CT molecular complexity index is 1010. The van der Waals surface area contributed by atoms with Gasteiger partial charge in [0.25, 0.3) is 0 Å². The Morgan fingerprint density at radius 1 is 1.10 bits per heavy atom. The number of piperazine rings is 1. The first-order valence-electron chi connectivity index (χ1n) is 10.1. The molecule has 11 heteroatoms. The molecule has 0 radical (unpaired) electrons. The van der Waals surface area contributed by atoms with E-state index in [1.165, 1.54) is 12.1 Å². The summed E-state index contributed by atoms with van der Waals surface area (Å²) in [5.41, 5.74) is -0.472. The topological polar surface area (TPSA) is 84.3 Å². The maximum absolute atomic E-state index is 13.0. The normalized spacial score (nSPS) is 17.2. The summed E-state index contributed by atoms with van der Waals surface area (Å²) in [4.78, 5) is 8.78. The van der Waals surface area contributed by atoms with Gasteiger partial charge in [0.15, 0.2) is 0 Å². The predicted molar refractivity (Wildman–Crippen MR) is 104 cm³/mol.